The van der Waals surface area contributed by atoms with Gasteiger partial charge >= 0.3 is 0 Å². The third kappa shape index (κ3) is 1.89. The summed E-state index contributed by atoms with van der Waals surface area (Å²) in [5.41, 5.74) is 0. The zero-order valence-electron chi connectivity index (χ0n) is 10.1. The predicted octanol–water partition coefficient (Wildman–Crippen LogP) is 1.80. The molecule has 4 nitrogen and oxygen atoms in total. The Hall–Kier alpha value is -1.20. The Bertz CT molecular complexity index is 536. The molecule has 90 valence electrons. The van der Waals surface area contributed by atoms with Gasteiger partial charge in [-0.2, -0.15) is 0 Å². The van der Waals surface area contributed by atoms with E-state index in [1.165, 1.54) is 16.7 Å². The zero-order valence-corrected chi connectivity index (χ0v) is 10.9. The summed E-state index contributed by atoms with van der Waals surface area (Å²) >= 11 is 1.74. The maximum Gasteiger partial charge on any atom is 0.140 e. The van der Waals surface area contributed by atoms with Gasteiger partial charge in [0.1, 0.15) is 17.0 Å². The number of aromatic nitrogens is 2. The summed E-state index contributed by atoms with van der Waals surface area (Å²) in [5, 5.41) is 4.54. The number of nitrogens with zero attached hydrogens (tertiary/aromatic N) is 3. The van der Waals surface area contributed by atoms with Gasteiger partial charge in [0.2, 0.25) is 0 Å². The second-order valence-corrected chi connectivity index (χ2v) is 5.73. The van der Waals surface area contributed by atoms with Crippen LogP contribution in [0.1, 0.15) is 11.3 Å². The average Bonchev–Trinajstić information content (AvgIpc) is 2.92. The van der Waals surface area contributed by atoms with E-state index in [0.29, 0.717) is 6.04 Å². The molecule has 3 heterocycles. The molecular formula is C12H16N4S. The van der Waals surface area contributed by atoms with E-state index in [-0.39, 0.29) is 0 Å². The van der Waals surface area contributed by atoms with E-state index >= 15 is 0 Å². The fraction of sp³-hybridized carbons (Fsp3) is 0.500. The zero-order chi connectivity index (χ0) is 11.8. The predicted molar refractivity (Wildman–Crippen MR) is 71.8 cm³/mol. The fourth-order valence-corrected chi connectivity index (χ4v) is 3.25. The molecule has 2 aromatic heterocycles. The van der Waals surface area contributed by atoms with Crippen LogP contribution in [0.25, 0.3) is 10.2 Å². The highest BCUT2D eigenvalue weighted by Gasteiger charge is 2.23. The lowest BCUT2D eigenvalue weighted by Crippen LogP contribution is -2.29. The third-order valence-corrected chi connectivity index (χ3v) is 4.29. The Morgan fingerprint density at radius 2 is 2.35 bits per heavy atom. The molecular weight excluding hydrogens is 232 g/mol. The molecule has 1 N–H and O–H groups in total. The minimum absolute atomic E-state index is 0.583. The standard InChI is InChI=1S/C12H16N4S/c1-8-5-10-11(14-7-15-12(10)17-8)16-4-3-9(6-16)13-2/h5,7,9,13H,3-4,6H2,1-2H3. The Kier molecular flexibility index (Phi) is 2.72. The van der Waals surface area contributed by atoms with E-state index in [9.17, 15) is 0 Å². The van der Waals surface area contributed by atoms with Crippen molar-refractivity contribution in [1.29, 1.82) is 0 Å². The number of hydrogen-bond acceptors (Lipinski definition) is 5. The van der Waals surface area contributed by atoms with Crippen molar-refractivity contribution in [3.63, 3.8) is 0 Å². The third-order valence-electron chi connectivity index (χ3n) is 3.33. The number of likely N-dealkylation sites (N-methyl/N-ethyl adjacent to an activating group) is 1. The van der Waals surface area contributed by atoms with Crippen molar-refractivity contribution >= 4 is 27.4 Å². The van der Waals surface area contributed by atoms with Gasteiger partial charge in [0, 0.05) is 24.0 Å². The molecule has 1 unspecified atom stereocenters. The number of fused-ring (bicyclic) bond motifs is 1. The van der Waals surface area contributed by atoms with Gasteiger partial charge in [0.05, 0.1) is 5.39 Å². The Balaban J connectivity index is 2.00. The topological polar surface area (TPSA) is 41.0 Å². The monoisotopic (exact) mass is 248 g/mol. The molecule has 3 rings (SSSR count). The number of aryl methyl sites for hydroxylation is 1. The molecule has 1 saturated heterocycles. The molecule has 0 spiro atoms. The molecule has 0 aromatic carbocycles. The number of anilines is 1. The van der Waals surface area contributed by atoms with Gasteiger partial charge in [-0.25, -0.2) is 9.97 Å². The van der Waals surface area contributed by atoms with Crippen LogP contribution in [0, 0.1) is 6.92 Å². The summed E-state index contributed by atoms with van der Waals surface area (Å²) in [4.78, 5) is 13.6. The smallest absolute Gasteiger partial charge is 0.140 e. The van der Waals surface area contributed by atoms with Crippen molar-refractivity contribution in [3.8, 4) is 0 Å². The number of thiophene rings is 1. The SMILES string of the molecule is CNC1CCN(c2ncnc3sc(C)cc23)C1. The fourth-order valence-electron chi connectivity index (χ4n) is 2.40. The van der Waals surface area contributed by atoms with E-state index in [4.69, 9.17) is 0 Å². The average molecular weight is 248 g/mol. The summed E-state index contributed by atoms with van der Waals surface area (Å²) in [6.45, 7) is 4.24. The van der Waals surface area contributed by atoms with Crippen molar-refractivity contribution in [2.24, 2.45) is 0 Å². The van der Waals surface area contributed by atoms with Crippen molar-refractivity contribution in [1.82, 2.24) is 15.3 Å². The molecule has 0 radical (unpaired) electrons. The molecule has 17 heavy (non-hydrogen) atoms. The van der Waals surface area contributed by atoms with E-state index in [0.717, 1.165) is 23.7 Å². The van der Waals surface area contributed by atoms with Gasteiger partial charge in [-0.1, -0.05) is 0 Å². The molecule has 2 aromatic rings. The van der Waals surface area contributed by atoms with Crippen LogP contribution in [0.15, 0.2) is 12.4 Å². The molecule has 1 aliphatic rings. The van der Waals surface area contributed by atoms with E-state index < -0.39 is 0 Å². The maximum absolute atomic E-state index is 4.46. The minimum Gasteiger partial charge on any atom is -0.354 e. The summed E-state index contributed by atoms with van der Waals surface area (Å²) in [6, 6.07) is 2.78. The van der Waals surface area contributed by atoms with Crippen LogP contribution < -0.4 is 10.2 Å². The van der Waals surface area contributed by atoms with E-state index in [1.807, 2.05) is 7.05 Å². The molecule has 1 fully saturated rings. The van der Waals surface area contributed by atoms with Crippen molar-refractivity contribution in [2.75, 3.05) is 25.0 Å². The van der Waals surface area contributed by atoms with Crippen LogP contribution >= 0.6 is 11.3 Å². The largest absolute Gasteiger partial charge is 0.354 e. The highest BCUT2D eigenvalue weighted by molar-refractivity contribution is 7.18. The summed E-state index contributed by atoms with van der Waals surface area (Å²) in [5.74, 6) is 1.09. The summed E-state index contributed by atoms with van der Waals surface area (Å²) < 4.78 is 0. The van der Waals surface area contributed by atoms with Gasteiger partial charge in [-0.3, -0.25) is 0 Å². The molecule has 0 aliphatic carbocycles. The van der Waals surface area contributed by atoms with Gasteiger partial charge < -0.3 is 10.2 Å². The highest BCUT2D eigenvalue weighted by Crippen LogP contribution is 2.31. The second kappa shape index (κ2) is 4.23. The van der Waals surface area contributed by atoms with Crippen LogP contribution in [-0.4, -0.2) is 36.1 Å². The second-order valence-electron chi connectivity index (χ2n) is 4.49. The molecule has 5 heteroatoms. The maximum atomic E-state index is 4.46. The van der Waals surface area contributed by atoms with Crippen LogP contribution in [-0.2, 0) is 0 Å². The van der Waals surface area contributed by atoms with Crippen LogP contribution in [0.5, 0.6) is 0 Å². The lowest BCUT2D eigenvalue weighted by atomic mass is 10.3. The summed E-state index contributed by atoms with van der Waals surface area (Å²) in [7, 11) is 2.03. The number of hydrogen-bond donors (Lipinski definition) is 1. The first-order valence-electron chi connectivity index (χ1n) is 5.91. The van der Waals surface area contributed by atoms with Gasteiger partial charge in [-0.15, -0.1) is 11.3 Å². The lowest BCUT2D eigenvalue weighted by molar-refractivity contribution is 0.616. The van der Waals surface area contributed by atoms with Crippen molar-refractivity contribution < 1.29 is 0 Å². The quantitative estimate of drug-likeness (QED) is 0.880. The molecule has 1 aliphatic heterocycles. The lowest BCUT2D eigenvalue weighted by Gasteiger charge is -2.17. The Morgan fingerprint density at radius 3 is 3.12 bits per heavy atom. The van der Waals surface area contributed by atoms with Crippen molar-refractivity contribution in [3.05, 3.63) is 17.3 Å². The van der Waals surface area contributed by atoms with Gasteiger partial charge in [0.25, 0.3) is 0 Å². The molecule has 0 saturated carbocycles. The minimum atomic E-state index is 0.583. The van der Waals surface area contributed by atoms with E-state index in [1.54, 1.807) is 17.7 Å². The first-order chi connectivity index (χ1) is 8.28. The normalized spacial score (nSPS) is 20.4. The van der Waals surface area contributed by atoms with Crippen LogP contribution in [0.2, 0.25) is 0 Å². The number of rotatable bonds is 2. The molecule has 0 amide bonds. The van der Waals surface area contributed by atoms with Gasteiger partial charge in [-0.05, 0) is 26.5 Å². The number of nitrogens with one attached hydrogen (secondary N) is 1. The Labute approximate surface area is 105 Å². The highest BCUT2D eigenvalue weighted by atomic mass is 32.1. The molecule has 1 atom stereocenters. The first-order valence-corrected chi connectivity index (χ1v) is 6.73. The van der Waals surface area contributed by atoms with Crippen molar-refractivity contribution in [2.45, 2.75) is 19.4 Å². The van der Waals surface area contributed by atoms with E-state index in [2.05, 4.69) is 33.2 Å². The first kappa shape index (κ1) is 10.9. The summed E-state index contributed by atoms with van der Waals surface area (Å²) in [6.07, 6.45) is 2.87. The van der Waals surface area contributed by atoms with Crippen LogP contribution in [0.4, 0.5) is 5.82 Å². The molecule has 0 bridgehead atoms. The van der Waals surface area contributed by atoms with Crippen LogP contribution in [0.3, 0.4) is 0 Å². The van der Waals surface area contributed by atoms with Gasteiger partial charge in [0.15, 0.2) is 0 Å². The Morgan fingerprint density at radius 1 is 1.47 bits per heavy atom.